The minimum absolute atomic E-state index is 0.152. The summed E-state index contributed by atoms with van der Waals surface area (Å²) in [7, 11) is -4.17. The number of hydrogen-bond donors (Lipinski definition) is 1. The van der Waals surface area contributed by atoms with Crippen LogP contribution in [0.3, 0.4) is 0 Å². The van der Waals surface area contributed by atoms with Crippen molar-refractivity contribution in [1.29, 1.82) is 0 Å². The van der Waals surface area contributed by atoms with E-state index in [2.05, 4.69) is 5.32 Å². The average Bonchev–Trinajstić information content (AvgIpc) is 2.80. The van der Waals surface area contributed by atoms with Crippen LogP contribution in [0.1, 0.15) is 22.8 Å². The summed E-state index contributed by atoms with van der Waals surface area (Å²) >= 11 is 0. The van der Waals surface area contributed by atoms with Crippen LogP contribution in [0.5, 0.6) is 0 Å². The van der Waals surface area contributed by atoms with Gasteiger partial charge in [-0.2, -0.15) is 0 Å². The molecular formula is C24H23FN2O5S. The third-order valence-corrected chi connectivity index (χ3v) is 6.54. The lowest BCUT2D eigenvalue weighted by Gasteiger charge is -2.24. The molecule has 0 saturated heterocycles. The number of benzene rings is 3. The van der Waals surface area contributed by atoms with Gasteiger partial charge in [-0.25, -0.2) is 17.6 Å². The summed E-state index contributed by atoms with van der Waals surface area (Å²) in [5, 5.41) is 2.67. The van der Waals surface area contributed by atoms with Crippen LogP contribution in [0.25, 0.3) is 0 Å². The third-order valence-electron chi connectivity index (χ3n) is 4.76. The lowest BCUT2D eigenvalue weighted by molar-refractivity contribution is -0.114. The summed E-state index contributed by atoms with van der Waals surface area (Å²) in [4.78, 5) is 24.8. The lowest BCUT2D eigenvalue weighted by atomic mass is 10.1. The maximum Gasteiger partial charge on any atom is 0.338 e. The number of halogens is 1. The van der Waals surface area contributed by atoms with Crippen LogP contribution in [0, 0.1) is 12.7 Å². The largest absolute Gasteiger partial charge is 0.462 e. The number of aryl methyl sites for hydroxylation is 1. The Labute approximate surface area is 191 Å². The first-order chi connectivity index (χ1) is 15.7. The predicted octanol–water partition coefficient (Wildman–Crippen LogP) is 4.14. The molecule has 1 N–H and O–H groups in total. The molecule has 3 aromatic rings. The van der Waals surface area contributed by atoms with Crippen LogP contribution in [0.2, 0.25) is 0 Å². The van der Waals surface area contributed by atoms with Gasteiger partial charge in [0, 0.05) is 5.69 Å². The molecule has 33 heavy (non-hydrogen) atoms. The van der Waals surface area contributed by atoms with Crippen LogP contribution in [-0.2, 0) is 19.6 Å². The fourth-order valence-electron chi connectivity index (χ4n) is 3.06. The molecule has 0 bridgehead atoms. The molecule has 0 radical (unpaired) electrons. The molecule has 0 spiro atoms. The van der Waals surface area contributed by atoms with E-state index in [4.69, 9.17) is 4.74 Å². The van der Waals surface area contributed by atoms with Crippen molar-refractivity contribution in [2.24, 2.45) is 0 Å². The number of ether oxygens (including phenoxy) is 1. The van der Waals surface area contributed by atoms with E-state index >= 15 is 0 Å². The SMILES string of the molecule is CCOC(=O)c1ccc(C)c(NC(=O)CN(c2ccccc2)S(=O)(=O)c2ccc(F)cc2)c1. The Morgan fingerprint density at radius 2 is 1.67 bits per heavy atom. The molecule has 0 aliphatic rings. The second kappa shape index (κ2) is 10.3. The fraction of sp³-hybridized carbons (Fsp3) is 0.167. The lowest BCUT2D eigenvalue weighted by Crippen LogP contribution is -2.38. The van der Waals surface area contributed by atoms with E-state index in [0.29, 0.717) is 11.3 Å². The van der Waals surface area contributed by atoms with Crippen LogP contribution in [-0.4, -0.2) is 33.4 Å². The van der Waals surface area contributed by atoms with Crippen molar-refractivity contribution in [3.63, 3.8) is 0 Å². The van der Waals surface area contributed by atoms with E-state index in [9.17, 15) is 22.4 Å². The standard InChI is InChI=1S/C24H23FN2O5S/c1-3-32-24(29)18-10-9-17(2)22(15-18)26-23(28)16-27(20-7-5-4-6-8-20)33(30,31)21-13-11-19(25)12-14-21/h4-15H,3,16H2,1-2H3,(H,26,28). The first-order valence-corrected chi connectivity index (χ1v) is 11.6. The Kier molecular flexibility index (Phi) is 7.44. The molecule has 172 valence electrons. The highest BCUT2D eigenvalue weighted by Gasteiger charge is 2.27. The van der Waals surface area contributed by atoms with Gasteiger partial charge in [0.25, 0.3) is 10.0 Å². The first kappa shape index (κ1) is 23.9. The van der Waals surface area contributed by atoms with Crippen molar-refractivity contribution < 1.29 is 27.1 Å². The topological polar surface area (TPSA) is 92.8 Å². The number of para-hydroxylation sites is 1. The minimum atomic E-state index is -4.17. The summed E-state index contributed by atoms with van der Waals surface area (Å²) in [5.41, 5.74) is 1.58. The zero-order valence-corrected chi connectivity index (χ0v) is 18.9. The zero-order valence-electron chi connectivity index (χ0n) is 18.1. The van der Waals surface area contributed by atoms with Gasteiger partial charge in [-0.1, -0.05) is 24.3 Å². The molecule has 0 aliphatic carbocycles. The van der Waals surface area contributed by atoms with E-state index in [1.54, 1.807) is 56.3 Å². The van der Waals surface area contributed by atoms with Crippen LogP contribution < -0.4 is 9.62 Å². The van der Waals surface area contributed by atoms with Gasteiger partial charge in [-0.05, 0) is 67.9 Å². The smallest absolute Gasteiger partial charge is 0.338 e. The monoisotopic (exact) mass is 470 g/mol. The van der Waals surface area contributed by atoms with Crippen molar-refractivity contribution in [1.82, 2.24) is 0 Å². The Morgan fingerprint density at radius 3 is 2.30 bits per heavy atom. The molecule has 0 heterocycles. The Balaban J connectivity index is 1.90. The van der Waals surface area contributed by atoms with E-state index in [1.807, 2.05) is 0 Å². The Bertz CT molecular complexity index is 1250. The number of nitrogens with one attached hydrogen (secondary N) is 1. The van der Waals surface area contributed by atoms with E-state index in [0.717, 1.165) is 28.6 Å². The number of hydrogen-bond acceptors (Lipinski definition) is 5. The van der Waals surface area contributed by atoms with E-state index in [-0.39, 0.29) is 22.8 Å². The molecular weight excluding hydrogens is 447 g/mol. The number of rotatable bonds is 8. The van der Waals surface area contributed by atoms with Crippen LogP contribution in [0.15, 0.2) is 77.7 Å². The molecule has 0 fully saturated rings. The molecule has 7 nitrogen and oxygen atoms in total. The van der Waals surface area contributed by atoms with Gasteiger partial charge in [0.15, 0.2) is 0 Å². The summed E-state index contributed by atoms with van der Waals surface area (Å²) < 4.78 is 45.8. The summed E-state index contributed by atoms with van der Waals surface area (Å²) in [5.74, 6) is -1.72. The zero-order chi connectivity index (χ0) is 24.0. The van der Waals surface area contributed by atoms with Crippen molar-refractivity contribution >= 4 is 33.3 Å². The van der Waals surface area contributed by atoms with Crippen molar-refractivity contribution in [2.45, 2.75) is 18.7 Å². The number of anilines is 2. The molecule has 1 amide bonds. The molecule has 0 unspecified atom stereocenters. The highest BCUT2D eigenvalue weighted by atomic mass is 32.2. The molecule has 3 aromatic carbocycles. The fourth-order valence-corrected chi connectivity index (χ4v) is 4.48. The molecule has 3 rings (SSSR count). The number of carbonyl (C=O) groups excluding carboxylic acids is 2. The number of carbonyl (C=O) groups is 2. The number of nitrogens with zero attached hydrogens (tertiary/aromatic N) is 1. The van der Waals surface area contributed by atoms with Crippen molar-refractivity contribution in [3.05, 3.63) is 89.7 Å². The van der Waals surface area contributed by atoms with Crippen molar-refractivity contribution in [2.75, 3.05) is 22.8 Å². The number of esters is 1. The predicted molar refractivity (Wildman–Crippen MR) is 123 cm³/mol. The molecule has 9 heteroatoms. The highest BCUT2D eigenvalue weighted by molar-refractivity contribution is 7.92. The number of amides is 1. The van der Waals surface area contributed by atoms with Crippen molar-refractivity contribution in [3.8, 4) is 0 Å². The molecule has 0 saturated carbocycles. The van der Waals surface area contributed by atoms with Gasteiger partial charge in [-0.15, -0.1) is 0 Å². The summed E-state index contributed by atoms with van der Waals surface area (Å²) in [6.07, 6.45) is 0. The normalized spacial score (nSPS) is 11.0. The molecule has 0 aromatic heterocycles. The number of sulfonamides is 1. The Hall–Kier alpha value is -3.72. The average molecular weight is 471 g/mol. The minimum Gasteiger partial charge on any atom is -0.462 e. The summed E-state index contributed by atoms with van der Waals surface area (Å²) in [6, 6.07) is 17.2. The molecule has 0 aliphatic heterocycles. The van der Waals surface area contributed by atoms with Crippen LogP contribution >= 0.6 is 0 Å². The maximum atomic E-state index is 13.3. The van der Waals surface area contributed by atoms with Gasteiger partial charge in [0.1, 0.15) is 12.4 Å². The maximum absolute atomic E-state index is 13.3. The van der Waals surface area contributed by atoms with Gasteiger partial charge in [-0.3, -0.25) is 9.10 Å². The highest BCUT2D eigenvalue weighted by Crippen LogP contribution is 2.24. The van der Waals surface area contributed by atoms with Gasteiger partial charge in [0.2, 0.25) is 5.91 Å². The second-order valence-corrected chi connectivity index (χ2v) is 8.96. The van der Waals surface area contributed by atoms with E-state index < -0.39 is 34.3 Å². The van der Waals surface area contributed by atoms with Gasteiger partial charge < -0.3 is 10.1 Å². The Morgan fingerprint density at radius 1 is 1.00 bits per heavy atom. The third kappa shape index (κ3) is 5.75. The molecule has 0 atom stereocenters. The van der Waals surface area contributed by atoms with Gasteiger partial charge in [0.05, 0.1) is 22.8 Å². The summed E-state index contributed by atoms with van der Waals surface area (Å²) in [6.45, 7) is 3.11. The van der Waals surface area contributed by atoms with Crippen LogP contribution in [0.4, 0.5) is 15.8 Å². The van der Waals surface area contributed by atoms with E-state index in [1.165, 1.54) is 6.07 Å². The quantitative estimate of drug-likeness (QED) is 0.500. The second-order valence-electron chi connectivity index (χ2n) is 7.10. The first-order valence-electron chi connectivity index (χ1n) is 10.1. The van der Waals surface area contributed by atoms with Gasteiger partial charge >= 0.3 is 5.97 Å².